The minimum Gasteiger partial charge on any atom is -0.352 e. The fraction of sp³-hybridized carbons (Fsp3) is 0.652. The van der Waals surface area contributed by atoms with E-state index in [1.807, 2.05) is 11.8 Å². The van der Waals surface area contributed by atoms with Gasteiger partial charge in [-0.05, 0) is 77.3 Å². The van der Waals surface area contributed by atoms with E-state index in [2.05, 4.69) is 25.5 Å². The Morgan fingerprint density at radius 3 is 2.76 bits per heavy atom. The summed E-state index contributed by atoms with van der Waals surface area (Å²) in [4.78, 5) is 38.0. The second-order valence-electron chi connectivity index (χ2n) is 8.92. The molecule has 0 bridgehead atoms. The summed E-state index contributed by atoms with van der Waals surface area (Å²) in [5.41, 5.74) is 11.9. The lowest BCUT2D eigenvalue weighted by molar-refractivity contribution is 0.0953. The van der Waals surface area contributed by atoms with Gasteiger partial charge in [-0.2, -0.15) is 0 Å². The number of aliphatic imine (C=N–C) groups is 1. The van der Waals surface area contributed by atoms with E-state index in [0.717, 1.165) is 58.3 Å². The van der Waals surface area contributed by atoms with Gasteiger partial charge in [-0.15, -0.1) is 0 Å². The fourth-order valence-electron chi connectivity index (χ4n) is 4.19. The van der Waals surface area contributed by atoms with Gasteiger partial charge < -0.3 is 26.6 Å². The molecular weight excluding hydrogens is 420 g/mol. The molecule has 2 fully saturated rings. The number of carbonyl (C=O) groups is 2. The number of pyridine rings is 1. The maximum Gasteiger partial charge on any atom is 0.323 e. The highest BCUT2D eigenvalue weighted by atomic mass is 16.2. The lowest BCUT2D eigenvalue weighted by Crippen LogP contribution is -2.54. The Kier molecular flexibility index (Phi) is 9.59. The third-order valence-electron chi connectivity index (χ3n) is 6.21. The van der Waals surface area contributed by atoms with Crippen LogP contribution in [0.1, 0.15) is 55.8 Å². The quantitative estimate of drug-likeness (QED) is 0.388. The molecule has 3 heterocycles. The highest BCUT2D eigenvalue weighted by Crippen LogP contribution is 2.17. The average Bonchev–Trinajstić information content (AvgIpc) is 2.79. The number of amides is 3. The Balaban J connectivity index is 1.47. The number of hydrogen-bond acceptors (Lipinski definition) is 7. The van der Waals surface area contributed by atoms with Gasteiger partial charge in [0, 0.05) is 43.4 Å². The number of urea groups is 1. The van der Waals surface area contributed by atoms with Crippen molar-refractivity contribution in [3.8, 4) is 0 Å². The van der Waals surface area contributed by atoms with Crippen LogP contribution in [0.4, 0.5) is 10.6 Å². The van der Waals surface area contributed by atoms with Crippen LogP contribution in [0, 0.1) is 0 Å². The third-order valence-corrected chi connectivity index (χ3v) is 6.21. The van der Waals surface area contributed by atoms with Crippen LogP contribution in [0.15, 0.2) is 23.3 Å². The van der Waals surface area contributed by atoms with Crippen LogP contribution >= 0.6 is 0 Å². The number of likely N-dealkylation sites (tertiary alicyclic amines) is 1. The Hall–Kier alpha value is -2.56. The minimum atomic E-state index is -0.188. The van der Waals surface area contributed by atoms with Gasteiger partial charge in [0.05, 0.1) is 0 Å². The summed E-state index contributed by atoms with van der Waals surface area (Å²) >= 11 is 0. The van der Waals surface area contributed by atoms with Gasteiger partial charge in [0.25, 0.3) is 5.91 Å². The number of nitrogens with zero attached hydrogens (tertiary/aromatic N) is 4. The molecule has 1 aromatic heterocycles. The molecule has 1 unspecified atom stereocenters. The van der Waals surface area contributed by atoms with Crippen LogP contribution in [0.5, 0.6) is 0 Å². The SMILES string of the molecule is CC1CC(=Nc2cc(C(=O)NCCCN)ccn2)NC(=O)N1CCCCN1CCC(N)CC1. The normalized spacial score (nSPS) is 21.3. The maximum atomic E-state index is 12.7. The second kappa shape index (κ2) is 12.6. The summed E-state index contributed by atoms with van der Waals surface area (Å²) in [6.07, 6.45) is 7.07. The van der Waals surface area contributed by atoms with Crippen molar-refractivity contribution in [2.24, 2.45) is 16.5 Å². The first-order chi connectivity index (χ1) is 16.0. The predicted octanol–water partition coefficient (Wildman–Crippen LogP) is 1.20. The molecule has 2 aliphatic heterocycles. The van der Waals surface area contributed by atoms with Crippen molar-refractivity contribution in [3.05, 3.63) is 23.9 Å². The van der Waals surface area contributed by atoms with Crippen LogP contribution in [0.3, 0.4) is 0 Å². The molecule has 0 aromatic carbocycles. The highest BCUT2D eigenvalue weighted by Gasteiger charge is 2.28. The van der Waals surface area contributed by atoms with Gasteiger partial charge in [0.15, 0.2) is 5.82 Å². The monoisotopic (exact) mass is 458 g/mol. The summed E-state index contributed by atoms with van der Waals surface area (Å²) in [7, 11) is 0. The molecule has 0 aliphatic carbocycles. The molecule has 0 saturated carbocycles. The number of nitrogens with one attached hydrogen (secondary N) is 2. The first-order valence-corrected chi connectivity index (χ1v) is 12.0. The van der Waals surface area contributed by atoms with E-state index >= 15 is 0 Å². The van der Waals surface area contributed by atoms with E-state index in [-0.39, 0.29) is 18.0 Å². The van der Waals surface area contributed by atoms with E-state index in [1.165, 1.54) is 0 Å². The van der Waals surface area contributed by atoms with Crippen LogP contribution in [0.2, 0.25) is 0 Å². The predicted molar refractivity (Wildman–Crippen MR) is 130 cm³/mol. The van der Waals surface area contributed by atoms with Crippen molar-refractivity contribution in [3.63, 3.8) is 0 Å². The molecule has 1 atom stereocenters. The zero-order valence-corrected chi connectivity index (χ0v) is 19.6. The second-order valence-corrected chi connectivity index (χ2v) is 8.92. The van der Waals surface area contributed by atoms with Gasteiger partial charge in [-0.1, -0.05) is 0 Å². The molecule has 2 saturated heterocycles. The molecule has 10 nitrogen and oxygen atoms in total. The Bertz CT molecular complexity index is 822. The number of nitrogens with two attached hydrogens (primary N) is 2. The van der Waals surface area contributed by atoms with Crippen molar-refractivity contribution in [1.29, 1.82) is 0 Å². The molecule has 3 amide bonds. The Morgan fingerprint density at radius 2 is 2.03 bits per heavy atom. The largest absolute Gasteiger partial charge is 0.352 e. The smallest absolute Gasteiger partial charge is 0.323 e. The number of hydrogen-bond donors (Lipinski definition) is 4. The van der Waals surface area contributed by atoms with Crippen molar-refractivity contribution in [2.75, 3.05) is 39.3 Å². The average molecular weight is 459 g/mol. The number of aromatic nitrogens is 1. The van der Waals surface area contributed by atoms with Crippen LogP contribution < -0.4 is 22.1 Å². The van der Waals surface area contributed by atoms with E-state index in [0.29, 0.717) is 42.8 Å². The number of unbranched alkanes of at least 4 members (excludes halogenated alkanes) is 1. The fourth-order valence-corrected chi connectivity index (χ4v) is 4.19. The molecule has 10 heteroatoms. The van der Waals surface area contributed by atoms with Crippen molar-refractivity contribution >= 4 is 23.6 Å². The van der Waals surface area contributed by atoms with Gasteiger partial charge in [0.2, 0.25) is 0 Å². The first kappa shape index (κ1) is 25.1. The molecule has 0 spiro atoms. The van der Waals surface area contributed by atoms with Crippen LogP contribution in [-0.4, -0.2) is 83.9 Å². The van der Waals surface area contributed by atoms with E-state index in [9.17, 15) is 9.59 Å². The molecule has 1 aromatic rings. The Labute approximate surface area is 196 Å². The summed E-state index contributed by atoms with van der Waals surface area (Å²) in [6, 6.07) is 3.54. The van der Waals surface area contributed by atoms with Crippen molar-refractivity contribution < 1.29 is 9.59 Å². The summed E-state index contributed by atoms with van der Waals surface area (Å²) < 4.78 is 0. The first-order valence-electron chi connectivity index (χ1n) is 12.0. The molecule has 3 rings (SSSR count). The van der Waals surface area contributed by atoms with Gasteiger partial charge in [-0.25, -0.2) is 14.8 Å². The van der Waals surface area contributed by atoms with Crippen molar-refractivity contribution in [1.82, 2.24) is 25.4 Å². The van der Waals surface area contributed by atoms with E-state index in [1.54, 1.807) is 18.3 Å². The molecule has 182 valence electrons. The summed E-state index contributed by atoms with van der Waals surface area (Å²) in [5.74, 6) is 0.784. The minimum absolute atomic E-state index is 0.0493. The lowest BCUT2D eigenvalue weighted by atomic mass is 10.1. The zero-order chi connectivity index (χ0) is 23.6. The molecular formula is C23H38N8O2. The molecule has 6 N–H and O–H groups in total. The van der Waals surface area contributed by atoms with Gasteiger partial charge in [0.1, 0.15) is 5.84 Å². The van der Waals surface area contributed by atoms with E-state index in [4.69, 9.17) is 11.5 Å². The number of carbonyl (C=O) groups excluding carboxylic acids is 2. The highest BCUT2D eigenvalue weighted by molar-refractivity contribution is 6.01. The Morgan fingerprint density at radius 1 is 1.27 bits per heavy atom. The van der Waals surface area contributed by atoms with Crippen LogP contribution in [0.25, 0.3) is 0 Å². The number of piperidine rings is 1. The third kappa shape index (κ3) is 7.76. The zero-order valence-electron chi connectivity index (χ0n) is 19.6. The van der Waals surface area contributed by atoms with Crippen LogP contribution in [-0.2, 0) is 0 Å². The lowest BCUT2D eigenvalue weighted by Gasteiger charge is -2.35. The van der Waals surface area contributed by atoms with Crippen molar-refractivity contribution in [2.45, 2.75) is 57.5 Å². The summed E-state index contributed by atoms with van der Waals surface area (Å²) in [5, 5.41) is 5.71. The standard InChI is InChI=1S/C23H38N8O2/c1-17-15-21(28-20-16-18(5-10-26-20)22(32)27-9-4-8-24)29-23(33)31(17)12-3-2-11-30-13-6-19(25)7-14-30/h5,10,16-17,19H,2-4,6-9,11-15,24-25H2,1H3,(H,27,32)(H,26,28,29,33). The molecule has 2 aliphatic rings. The van der Waals surface area contributed by atoms with Gasteiger partial charge >= 0.3 is 6.03 Å². The van der Waals surface area contributed by atoms with E-state index < -0.39 is 0 Å². The van der Waals surface area contributed by atoms with Gasteiger partial charge in [-0.3, -0.25) is 10.1 Å². The molecule has 0 radical (unpaired) electrons. The topological polar surface area (TPSA) is 142 Å². The maximum absolute atomic E-state index is 12.7. The number of rotatable bonds is 10. The number of amidine groups is 1. The summed E-state index contributed by atoms with van der Waals surface area (Å²) in [6.45, 7) is 7.03. The molecule has 33 heavy (non-hydrogen) atoms.